The average Bonchev–Trinajstić information content (AvgIpc) is 2.73. The molecule has 1 N–H and O–H groups in total. The minimum Gasteiger partial charge on any atom is -0.492 e. The minimum atomic E-state index is -0.607. The second-order valence-corrected chi connectivity index (χ2v) is 6.47. The van der Waals surface area contributed by atoms with Crippen LogP contribution >= 0.6 is 0 Å². The summed E-state index contributed by atoms with van der Waals surface area (Å²) < 4.78 is 15.9. The first-order valence-corrected chi connectivity index (χ1v) is 9.33. The maximum absolute atomic E-state index is 11.8. The molecule has 3 aromatic rings. The molecule has 0 saturated carbocycles. The van der Waals surface area contributed by atoms with E-state index in [4.69, 9.17) is 14.2 Å². The Morgan fingerprint density at radius 1 is 0.828 bits per heavy atom. The Bertz CT molecular complexity index is 986. The van der Waals surface area contributed by atoms with E-state index in [1.54, 1.807) is 6.07 Å². The fraction of sp³-hybridized carbons (Fsp3) is 0.217. The number of hydrogen-bond acceptors (Lipinski definition) is 5. The molecule has 0 spiro atoms. The number of hydrogen-bond donors (Lipinski definition) is 1. The molecule has 0 aliphatic rings. The molecule has 0 aliphatic heterocycles. The van der Waals surface area contributed by atoms with E-state index in [-0.39, 0.29) is 13.2 Å². The maximum atomic E-state index is 11.8. The number of amides is 1. The summed E-state index contributed by atoms with van der Waals surface area (Å²) in [6.45, 7) is 2.01. The molecular weight excluding hydrogens is 370 g/mol. The van der Waals surface area contributed by atoms with Crippen LogP contribution in [0, 0.1) is 6.92 Å². The van der Waals surface area contributed by atoms with Gasteiger partial charge < -0.3 is 19.5 Å². The molecule has 29 heavy (non-hydrogen) atoms. The summed E-state index contributed by atoms with van der Waals surface area (Å²) in [6.07, 6.45) is 0. The summed E-state index contributed by atoms with van der Waals surface area (Å²) in [4.78, 5) is 23.5. The van der Waals surface area contributed by atoms with Crippen LogP contribution in [0.3, 0.4) is 0 Å². The average molecular weight is 393 g/mol. The van der Waals surface area contributed by atoms with Gasteiger partial charge in [0.05, 0.1) is 6.54 Å². The van der Waals surface area contributed by atoms with E-state index >= 15 is 0 Å². The van der Waals surface area contributed by atoms with E-state index in [2.05, 4.69) is 5.32 Å². The molecule has 3 aromatic carbocycles. The molecule has 0 heterocycles. The Morgan fingerprint density at radius 3 is 2.45 bits per heavy atom. The lowest BCUT2D eigenvalue weighted by Crippen LogP contribution is -2.32. The standard InChI is InChI=1S/C23H23NO5/c1-17-5-4-8-20(13-17)27-12-11-24-22(25)15-29-23(26)16-28-21-10-9-18-6-2-3-7-19(18)14-21/h2-10,13-14H,11-12,15-16H2,1H3,(H,24,25). The fourth-order valence-corrected chi connectivity index (χ4v) is 2.70. The first-order chi connectivity index (χ1) is 14.1. The van der Waals surface area contributed by atoms with Crippen LogP contribution in [0.1, 0.15) is 5.56 Å². The normalized spacial score (nSPS) is 10.4. The highest BCUT2D eigenvalue weighted by Crippen LogP contribution is 2.20. The monoisotopic (exact) mass is 393 g/mol. The van der Waals surface area contributed by atoms with Gasteiger partial charge in [0.15, 0.2) is 13.2 Å². The molecule has 0 saturated heterocycles. The largest absolute Gasteiger partial charge is 0.492 e. The Kier molecular flexibility index (Phi) is 7.05. The molecule has 6 heteroatoms. The van der Waals surface area contributed by atoms with E-state index < -0.39 is 11.9 Å². The highest BCUT2D eigenvalue weighted by Gasteiger charge is 2.08. The van der Waals surface area contributed by atoms with E-state index in [0.29, 0.717) is 18.9 Å². The Morgan fingerprint density at radius 2 is 1.62 bits per heavy atom. The lowest BCUT2D eigenvalue weighted by molar-refractivity contribution is -0.150. The van der Waals surface area contributed by atoms with Gasteiger partial charge in [-0.15, -0.1) is 0 Å². The maximum Gasteiger partial charge on any atom is 0.344 e. The van der Waals surface area contributed by atoms with Gasteiger partial charge in [-0.05, 0) is 47.5 Å². The Hall–Kier alpha value is -3.54. The minimum absolute atomic E-state index is 0.262. The van der Waals surface area contributed by atoms with Gasteiger partial charge in [0.2, 0.25) is 0 Å². The van der Waals surface area contributed by atoms with Crippen molar-refractivity contribution in [1.29, 1.82) is 0 Å². The van der Waals surface area contributed by atoms with E-state index in [1.807, 2.05) is 67.6 Å². The molecule has 6 nitrogen and oxygen atoms in total. The van der Waals surface area contributed by atoms with Gasteiger partial charge in [-0.3, -0.25) is 4.79 Å². The third kappa shape index (κ3) is 6.53. The topological polar surface area (TPSA) is 73.9 Å². The van der Waals surface area contributed by atoms with Crippen LogP contribution in [0.2, 0.25) is 0 Å². The molecule has 0 fully saturated rings. The number of rotatable bonds is 9. The zero-order valence-electron chi connectivity index (χ0n) is 16.2. The predicted octanol–water partition coefficient (Wildman–Crippen LogP) is 3.27. The van der Waals surface area contributed by atoms with Crippen molar-refractivity contribution in [2.45, 2.75) is 6.92 Å². The van der Waals surface area contributed by atoms with Crippen LogP contribution in [-0.2, 0) is 14.3 Å². The number of carbonyl (C=O) groups is 2. The molecule has 1 amide bonds. The van der Waals surface area contributed by atoms with Crippen molar-refractivity contribution in [3.63, 3.8) is 0 Å². The second-order valence-electron chi connectivity index (χ2n) is 6.47. The van der Waals surface area contributed by atoms with Gasteiger partial charge in [0, 0.05) is 0 Å². The van der Waals surface area contributed by atoms with Gasteiger partial charge in [-0.25, -0.2) is 4.79 Å². The van der Waals surface area contributed by atoms with Crippen molar-refractivity contribution in [3.05, 3.63) is 72.3 Å². The Balaban J connectivity index is 1.31. The van der Waals surface area contributed by atoms with Gasteiger partial charge in [-0.1, -0.05) is 42.5 Å². The van der Waals surface area contributed by atoms with E-state index in [9.17, 15) is 9.59 Å². The highest BCUT2D eigenvalue weighted by atomic mass is 16.6. The van der Waals surface area contributed by atoms with Crippen LogP contribution in [-0.4, -0.2) is 38.2 Å². The fourth-order valence-electron chi connectivity index (χ4n) is 2.70. The third-order valence-electron chi connectivity index (χ3n) is 4.12. The van der Waals surface area contributed by atoms with E-state index in [1.165, 1.54) is 0 Å². The number of esters is 1. The van der Waals surface area contributed by atoms with Crippen LogP contribution in [0.25, 0.3) is 10.8 Å². The third-order valence-corrected chi connectivity index (χ3v) is 4.12. The summed E-state index contributed by atoms with van der Waals surface area (Å²) >= 11 is 0. The summed E-state index contributed by atoms with van der Waals surface area (Å²) in [7, 11) is 0. The summed E-state index contributed by atoms with van der Waals surface area (Å²) in [5.74, 6) is 0.316. The zero-order chi connectivity index (χ0) is 20.5. The smallest absolute Gasteiger partial charge is 0.344 e. The summed E-state index contributed by atoms with van der Waals surface area (Å²) in [5.41, 5.74) is 1.10. The molecule has 0 unspecified atom stereocenters. The van der Waals surface area contributed by atoms with Crippen molar-refractivity contribution < 1.29 is 23.8 Å². The molecule has 0 bridgehead atoms. The first-order valence-electron chi connectivity index (χ1n) is 9.33. The summed E-state index contributed by atoms with van der Waals surface area (Å²) in [5, 5.41) is 4.74. The number of aryl methyl sites for hydroxylation is 1. The van der Waals surface area contributed by atoms with Crippen molar-refractivity contribution >= 4 is 22.6 Å². The molecule has 0 radical (unpaired) electrons. The van der Waals surface area contributed by atoms with Crippen LogP contribution in [0.15, 0.2) is 66.7 Å². The van der Waals surface area contributed by atoms with Crippen molar-refractivity contribution in [2.75, 3.05) is 26.4 Å². The van der Waals surface area contributed by atoms with Gasteiger partial charge in [0.1, 0.15) is 18.1 Å². The first kappa shape index (κ1) is 20.2. The van der Waals surface area contributed by atoms with Gasteiger partial charge >= 0.3 is 5.97 Å². The number of benzene rings is 3. The lowest BCUT2D eigenvalue weighted by atomic mass is 10.1. The molecule has 0 aromatic heterocycles. The summed E-state index contributed by atoms with van der Waals surface area (Å²) in [6, 6.07) is 21.1. The van der Waals surface area contributed by atoms with Crippen LogP contribution < -0.4 is 14.8 Å². The number of ether oxygens (including phenoxy) is 3. The van der Waals surface area contributed by atoms with Gasteiger partial charge in [-0.2, -0.15) is 0 Å². The second kappa shape index (κ2) is 10.1. The SMILES string of the molecule is Cc1cccc(OCCNC(=O)COC(=O)COc2ccc3ccccc3c2)c1. The quantitative estimate of drug-likeness (QED) is 0.446. The van der Waals surface area contributed by atoms with Crippen LogP contribution in [0.4, 0.5) is 0 Å². The molecule has 0 aliphatic carbocycles. The van der Waals surface area contributed by atoms with Crippen molar-refractivity contribution in [2.24, 2.45) is 0 Å². The molecular formula is C23H23NO5. The zero-order valence-corrected chi connectivity index (χ0v) is 16.2. The molecule has 150 valence electrons. The lowest BCUT2D eigenvalue weighted by Gasteiger charge is -2.09. The van der Waals surface area contributed by atoms with Crippen molar-refractivity contribution in [1.82, 2.24) is 5.32 Å². The number of fused-ring (bicyclic) bond motifs is 1. The number of carbonyl (C=O) groups excluding carboxylic acids is 2. The van der Waals surface area contributed by atoms with Gasteiger partial charge in [0.25, 0.3) is 5.91 Å². The predicted molar refractivity (Wildman–Crippen MR) is 110 cm³/mol. The Labute approximate surface area is 169 Å². The highest BCUT2D eigenvalue weighted by molar-refractivity contribution is 5.84. The van der Waals surface area contributed by atoms with E-state index in [0.717, 1.165) is 22.1 Å². The van der Waals surface area contributed by atoms with Crippen LogP contribution in [0.5, 0.6) is 11.5 Å². The molecule has 0 atom stereocenters. The molecule has 3 rings (SSSR count). The van der Waals surface area contributed by atoms with Crippen molar-refractivity contribution in [3.8, 4) is 11.5 Å². The number of nitrogens with one attached hydrogen (secondary N) is 1.